The van der Waals surface area contributed by atoms with Crippen LogP contribution in [0.1, 0.15) is 35.4 Å². The number of Topliss-reactive ketones (excluding diaryl/α,β-unsaturated/α-hetero) is 1. The van der Waals surface area contributed by atoms with Crippen molar-refractivity contribution in [1.82, 2.24) is 9.97 Å². The zero-order valence-corrected chi connectivity index (χ0v) is 17.0. The number of pyridine rings is 1. The minimum atomic E-state index is -1.29. The standard InChI is InChI=1S/C22H24N2O3S/c1-16-6-8-19(9-7-16)22-24-21(17(2)27-22)15-28(26)14-20(25)5-3-4-18-10-12-23-13-11-18/h6-13H,3-5,14-15H2,1-2H3. The number of rotatable bonds is 9. The summed E-state index contributed by atoms with van der Waals surface area (Å²) in [4.78, 5) is 20.6. The molecule has 0 aliphatic rings. The molecule has 0 bridgehead atoms. The van der Waals surface area contributed by atoms with Gasteiger partial charge in [0.1, 0.15) is 11.5 Å². The second kappa shape index (κ2) is 9.55. The second-order valence-electron chi connectivity index (χ2n) is 6.86. The van der Waals surface area contributed by atoms with E-state index >= 15 is 0 Å². The quantitative estimate of drug-likeness (QED) is 0.542. The van der Waals surface area contributed by atoms with E-state index in [4.69, 9.17) is 4.42 Å². The summed E-state index contributed by atoms with van der Waals surface area (Å²) in [6.07, 6.45) is 5.50. The molecule has 1 atom stereocenters. The number of carbonyl (C=O) groups excluding carboxylic acids is 1. The van der Waals surface area contributed by atoms with Gasteiger partial charge in [0.15, 0.2) is 0 Å². The maximum Gasteiger partial charge on any atom is 0.226 e. The van der Waals surface area contributed by atoms with Crippen molar-refractivity contribution in [3.8, 4) is 11.5 Å². The Bertz CT molecular complexity index is 950. The fourth-order valence-electron chi connectivity index (χ4n) is 2.88. The van der Waals surface area contributed by atoms with E-state index < -0.39 is 10.8 Å². The molecule has 0 aliphatic carbocycles. The number of nitrogens with zero attached hydrogens (tertiary/aromatic N) is 2. The highest BCUT2D eigenvalue weighted by Crippen LogP contribution is 2.23. The van der Waals surface area contributed by atoms with Crippen LogP contribution in [0.4, 0.5) is 0 Å². The minimum Gasteiger partial charge on any atom is -0.441 e. The zero-order chi connectivity index (χ0) is 19.9. The van der Waals surface area contributed by atoms with E-state index in [-0.39, 0.29) is 17.3 Å². The molecular formula is C22H24N2O3S. The van der Waals surface area contributed by atoms with Crippen LogP contribution in [-0.2, 0) is 27.8 Å². The number of aromatic nitrogens is 2. The summed E-state index contributed by atoms with van der Waals surface area (Å²) >= 11 is 0. The molecular weight excluding hydrogens is 372 g/mol. The summed E-state index contributed by atoms with van der Waals surface area (Å²) in [5.41, 5.74) is 3.86. The van der Waals surface area contributed by atoms with E-state index in [9.17, 15) is 9.00 Å². The van der Waals surface area contributed by atoms with Crippen molar-refractivity contribution >= 4 is 16.6 Å². The van der Waals surface area contributed by atoms with Crippen molar-refractivity contribution in [3.05, 3.63) is 71.4 Å². The Morgan fingerprint density at radius 1 is 1.07 bits per heavy atom. The van der Waals surface area contributed by atoms with Crippen LogP contribution in [-0.4, -0.2) is 25.7 Å². The summed E-state index contributed by atoms with van der Waals surface area (Å²) in [5, 5.41) is 0. The zero-order valence-electron chi connectivity index (χ0n) is 16.2. The van der Waals surface area contributed by atoms with E-state index in [0.29, 0.717) is 23.8 Å². The molecule has 3 aromatic rings. The van der Waals surface area contributed by atoms with Crippen molar-refractivity contribution in [1.29, 1.82) is 0 Å². The molecule has 0 radical (unpaired) electrons. The van der Waals surface area contributed by atoms with Gasteiger partial charge in [-0.2, -0.15) is 0 Å². The maximum absolute atomic E-state index is 12.4. The number of benzene rings is 1. The van der Waals surface area contributed by atoms with Gasteiger partial charge in [-0.15, -0.1) is 0 Å². The average molecular weight is 397 g/mol. The third-order valence-corrected chi connectivity index (χ3v) is 5.72. The Balaban J connectivity index is 1.50. The van der Waals surface area contributed by atoms with Crippen molar-refractivity contribution in [2.45, 2.75) is 38.9 Å². The van der Waals surface area contributed by atoms with Gasteiger partial charge in [0, 0.05) is 35.2 Å². The van der Waals surface area contributed by atoms with Gasteiger partial charge in [0.05, 0.1) is 17.2 Å². The van der Waals surface area contributed by atoms with Gasteiger partial charge in [0.2, 0.25) is 5.89 Å². The molecule has 0 aliphatic heterocycles. The van der Waals surface area contributed by atoms with E-state index in [1.165, 1.54) is 0 Å². The van der Waals surface area contributed by atoms with E-state index in [1.54, 1.807) is 12.4 Å². The molecule has 0 saturated carbocycles. The molecule has 1 aromatic carbocycles. The lowest BCUT2D eigenvalue weighted by Crippen LogP contribution is -2.12. The fourth-order valence-corrected chi connectivity index (χ4v) is 4.05. The van der Waals surface area contributed by atoms with Crippen molar-refractivity contribution in [2.24, 2.45) is 0 Å². The first-order valence-electron chi connectivity index (χ1n) is 9.30. The summed E-state index contributed by atoms with van der Waals surface area (Å²) in [7, 11) is -1.29. The highest BCUT2D eigenvalue weighted by Gasteiger charge is 2.16. The molecule has 146 valence electrons. The van der Waals surface area contributed by atoms with Crippen LogP contribution < -0.4 is 0 Å². The minimum absolute atomic E-state index is 0.0206. The fraction of sp³-hybridized carbons (Fsp3) is 0.318. The Hall–Kier alpha value is -2.60. The van der Waals surface area contributed by atoms with Crippen LogP contribution in [0.25, 0.3) is 11.5 Å². The van der Waals surface area contributed by atoms with Crippen molar-refractivity contribution in [2.75, 3.05) is 5.75 Å². The second-order valence-corrected chi connectivity index (χ2v) is 8.32. The predicted molar refractivity (Wildman–Crippen MR) is 110 cm³/mol. The third kappa shape index (κ3) is 5.70. The van der Waals surface area contributed by atoms with Gasteiger partial charge in [-0.25, -0.2) is 4.98 Å². The maximum atomic E-state index is 12.4. The van der Waals surface area contributed by atoms with Crippen LogP contribution in [0, 0.1) is 13.8 Å². The summed E-state index contributed by atoms with van der Waals surface area (Å²) in [5.74, 6) is 1.48. The summed E-state index contributed by atoms with van der Waals surface area (Å²) in [6.45, 7) is 3.83. The first-order valence-corrected chi connectivity index (χ1v) is 10.8. The Labute approximate surface area is 167 Å². The van der Waals surface area contributed by atoms with Crippen molar-refractivity contribution < 1.29 is 13.4 Å². The summed E-state index contributed by atoms with van der Waals surface area (Å²) < 4.78 is 18.1. The molecule has 0 spiro atoms. The highest BCUT2D eigenvalue weighted by atomic mass is 32.2. The van der Waals surface area contributed by atoms with E-state index in [1.807, 2.05) is 50.2 Å². The third-order valence-electron chi connectivity index (χ3n) is 4.48. The summed E-state index contributed by atoms with van der Waals surface area (Å²) in [6, 6.07) is 11.8. The van der Waals surface area contributed by atoms with Gasteiger partial charge in [-0.1, -0.05) is 17.7 Å². The lowest BCUT2D eigenvalue weighted by atomic mass is 10.1. The van der Waals surface area contributed by atoms with Gasteiger partial charge < -0.3 is 4.42 Å². The van der Waals surface area contributed by atoms with E-state index in [0.717, 1.165) is 29.5 Å². The Kier molecular flexibility index (Phi) is 6.87. The lowest BCUT2D eigenvalue weighted by molar-refractivity contribution is -0.116. The number of hydrogen-bond donors (Lipinski definition) is 0. The van der Waals surface area contributed by atoms with Crippen LogP contribution >= 0.6 is 0 Å². The number of oxazole rings is 1. The van der Waals surface area contributed by atoms with Gasteiger partial charge in [0.25, 0.3) is 0 Å². The molecule has 0 amide bonds. The van der Waals surface area contributed by atoms with Crippen molar-refractivity contribution in [3.63, 3.8) is 0 Å². The van der Waals surface area contributed by atoms with Crippen LogP contribution in [0.3, 0.4) is 0 Å². The molecule has 2 heterocycles. The molecule has 3 rings (SSSR count). The van der Waals surface area contributed by atoms with Gasteiger partial charge in [-0.3, -0.25) is 14.0 Å². The molecule has 0 fully saturated rings. The van der Waals surface area contributed by atoms with Crippen LogP contribution in [0.15, 0.2) is 53.2 Å². The van der Waals surface area contributed by atoms with Crippen LogP contribution in [0.5, 0.6) is 0 Å². The lowest BCUT2D eigenvalue weighted by Gasteiger charge is -2.02. The monoisotopic (exact) mass is 396 g/mol. The normalized spacial score (nSPS) is 12.1. The Morgan fingerprint density at radius 3 is 2.50 bits per heavy atom. The smallest absolute Gasteiger partial charge is 0.226 e. The first kappa shape index (κ1) is 20.1. The first-order chi connectivity index (χ1) is 13.5. The molecule has 1 unspecified atom stereocenters. The molecule has 2 aromatic heterocycles. The number of carbonyl (C=O) groups is 1. The number of ketones is 1. The highest BCUT2D eigenvalue weighted by molar-refractivity contribution is 7.84. The molecule has 28 heavy (non-hydrogen) atoms. The molecule has 0 saturated heterocycles. The number of aryl methyl sites for hydroxylation is 3. The predicted octanol–water partition coefficient (Wildman–Crippen LogP) is 4.19. The molecule has 5 nitrogen and oxygen atoms in total. The van der Waals surface area contributed by atoms with Gasteiger partial charge in [-0.05, 0) is 56.5 Å². The molecule has 0 N–H and O–H groups in total. The largest absolute Gasteiger partial charge is 0.441 e. The Morgan fingerprint density at radius 2 is 1.79 bits per heavy atom. The average Bonchev–Trinajstić information content (AvgIpc) is 3.03. The van der Waals surface area contributed by atoms with E-state index in [2.05, 4.69) is 9.97 Å². The van der Waals surface area contributed by atoms with Crippen LogP contribution in [0.2, 0.25) is 0 Å². The number of hydrogen-bond acceptors (Lipinski definition) is 5. The van der Waals surface area contributed by atoms with Gasteiger partial charge >= 0.3 is 0 Å². The topological polar surface area (TPSA) is 73.1 Å². The SMILES string of the molecule is Cc1ccc(-c2nc(CS(=O)CC(=O)CCCc3ccncc3)c(C)o2)cc1. The molecule has 6 heteroatoms.